The van der Waals surface area contributed by atoms with E-state index < -0.39 is 5.41 Å². The van der Waals surface area contributed by atoms with Gasteiger partial charge in [0.25, 0.3) is 5.56 Å². The summed E-state index contributed by atoms with van der Waals surface area (Å²) in [5, 5.41) is 1.94. The Morgan fingerprint density at radius 3 is 2.46 bits per heavy atom. The van der Waals surface area contributed by atoms with Crippen LogP contribution in [0.3, 0.4) is 0 Å². The number of fused-ring (bicyclic) bond motifs is 2. The number of ether oxygens (including phenoxy) is 1. The third-order valence-electron chi connectivity index (χ3n) is 4.71. The van der Waals surface area contributed by atoms with E-state index in [1.165, 1.54) is 0 Å². The summed E-state index contributed by atoms with van der Waals surface area (Å²) in [6.07, 6.45) is 0. The molecule has 0 radical (unpaired) electrons. The van der Waals surface area contributed by atoms with Gasteiger partial charge in [-0.1, -0.05) is 24.3 Å². The highest BCUT2D eigenvalue weighted by Crippen LogP contribution is 2.25. The standard InChI is InChI=1S/C23H22N2O3/c1-23(2,3)22(27)28-13-14-8-9-19-16(10-14)12-20(24-19)17-11-15-6-4-5-7-18(15)25-21(17)26/h4-12,24H,13H2,1-3H3,(H,25,26). The van der Waals surface area contributed by atoms with Crippen molar-refractivity contribution in [3.63, 3.8) is 0 Å². The van der Waals surface area contributed by atoms with Crippen LogP contribution in [0.4, 0.5) is 0 Å². The number of esters is 1. The second-order valence-electron chi connectivity index (χ2n) is 8.03. The Kier molecular flexibility index (Phi) is 4.30. The minimum atomic E-state index is -0.525. The number of hydrogen-bond donors (Lipinski definition) is 2. The fraction of sp³-hybridized carbons (Fsp3) is 0.217. The molecule has 0 saturated heterocycles. The lowest BCUT2D eigenvalue weighted by atomic mass is 9.97. The Bertz CT molecular complexity index is 1240. The van der Waals surface area contributed by atoms with Crippen molar-refractivity contribution in [2.75, 3.05) is 0 Å². The van der Waals surface area contributed by atoms with Gasteiger partial charge in [0.05, 0.1) is 16.7 Å². The van der Waals surface area contributed by atoms with Gasteiger partial charge in [0.15, 0.2) is 0 Å². The molecule has 0 atom stereocenters. The van der Waals surface area contributed by atoms with Crippen LogP contribution in [0.5, 0.6) is 0 Å². The van der Waals surface area contributed by atoms with Crippen molar-refractivity contribution < 1.29 is 9.53 Å². The molecule has 4 aromatic rings. The predicted octanol–water partition coefficient (Wildman–Crippen LogP) is 4.77. The average Bonchev–Trinajstić information content (AvgIpc) is 3.07. The van der Waals surface area contributed by atoms with Crippen molar-refractivity contribution in [2.45, 2.75) is 27.4 Å². The van der Waals surface area contributed by atoms with Crippen LogP contribution >= 0.6 is 0 Å². The van der Waals surface area contributed by atoms with Crippen LogP contribution in [0, 0.1) is 5.41 Å². The Balaban J connectivity index is 1.66. The Morgan fingerprint density at radius 1 is 0.929 bits per heavy atom. The van der Waals surface area contributed by atoms with E-state index in [4.69, 9.17) is 4.74 Å². The van der Waals surface area contributed by atoms with Gasteiger partial charge in [-0.05, 0) is 62.1 Å². The normalized spacial score (nSPS) is 11.8. The molecule has 28 heavy (non-hydrogen) atoms. The number of hydrogen-bond acceptors (Lipinski definition) is 3. The maximum absolute atomic E-state index is 12.5. The number of carbonyl (C=O) groups excluding carboxylic acids is 1. The van der Waals surface area contributed by atoms with Gasteiger partial charge in [0, 0.05) is 16.4 Å². The third kappa shape index (κ3) is 3.43. The van der Waals surface area contributed by atoms with Crippen LogP contribution in [0.2, 0.25) is 0 Å². The molecular weight excluding hydrogens is 352 g/mol. The molecule has 2 aromatic carbocycles. The van der Waals surface area contributed by atoms with Crippen LogP contribution in [0.1, 0.15) is 26.3 Å². The van der Waals surface area contributed by atoms with E-state index in [-0.39, 0.29) is 18.1 Å². The van der Waals surface area contributed by atoms with Crippen molar-refractivity contribution in [2.24, 2.45) is 5.41 Å². The van der Waals surface area contributed by atoms with Crippen LogP contribution in [0.15, 0.2) is 59.4 Å². The molecule has 142 valence electrons. The molecule has 2 N–H and O–H groups in total. The largest absolute Gasteiger partial charge is 0.460 e. The summed E-state index contributed by atoms with van der Waals surface area (Å²) in [4.78, 5) is 30.7. The van der Waals surface area contributed by atoms with Crippen LogP contribution in [-0.2, 0) is 16.1 Å². The topological polar surface area (TPSA) is 75.0 Å². The number of rotatable bonds is 3. The Hall–Kier alpha value is -3.34. The van der Waals surface area contributed by atoms with Crippen LogP contribution < -0.4 is 5.56 Å². The quantitative estimate of drug-likeness (QED) is 0.508. The number of carbonyl (C=O) groups is 1. The van der Waals surface area contributed by atoms with Gasteiger partial charge in [0.1, 0.15) is 6.61 Å². The zero-order chi connectivity index (χ0) is 19.9. The van der Waals surface area contributed by atoms with E-state index in [0.29, 0.717) is 5.56 Å². The fourth-order valence-corrected chi connectivity index (χ4v) is 3.13. The summed E-state index contributed by atoms with van der Waals surface area (Å²) in [5.41, 5.74) is 3.33. The molecule has 0 amide bonds. The van der Waals surface area contributed by atoms with Gasteiger partial charge in [-0.3, -0.25) is 9.59 Å². The molecule has 0 spiro atoms. The molecule has 0 unspecified atom stereocenters. The van der Waals surface area contributed by atoms with E-state index in [0.717, 1.165) is 33.1 Å². The highest BCUT2D eigenvalue weighted by Gasteiger charge is 2.23. The van der Waals surface area contributed by atoms with Gasteiger partial charge < -0.3 is 14.7 Å². The second-order valence-corrected chi connectivity index (χ2v) is 8.03. The molecule has 5 heteroatoms. The van der Waals surface area contributed by atoms with Crippen molar-refractivity contribution in [3.8, 4) is 11.3 Å². The molecule has 0 aliphatic heterocycles. The van der Waals surface area contributed by atoms with E-state index >= 15 is 0 Å². The van der Waals surface area contributed by atoms with Gasteiger partial charge in [-0.15, -0.1) is 0 Å². The van der Waals surface area contributed by atoms with Gasteiger partial charge in [0.2, 0.25) is 0 Å². The number of nitrogens with one attached hydrogen (secondary N) is 2. The monoisotopic (exact) mass is 374 g/mol. The van der Waals surface area contributed by atoms with Crippen molar-refractivity contribution in [3.05, 3.63) is 70.5 Å². The molecule has 0 saturated carbocycles. The summed E-state index contributed by atoms with van der Waals surface area (Å²) < 4.78 is 5.40. The number of aromatic nitrogens is 2. The zero-order valence-corrected chi connectivity index (χ0v) is 16.1. The van der Waals surface area contributed by atoms with Crippen molar-refractivity contribution in [1.82, 2.24) is 9.97 Å². The molecular formula is C23H22N2O3. The molecule has 0 aliphatic carbocycles. The smallest absolute Gasteiger partial charge is 0.311 e. The first kappa shape index (κ1) is 18.0. The Labute approximate surface area is 162 Å². The number of pyridine rings is 1. The first-order chi connectivity index (χ1) is 13.3. The molecule has 0 aliphatic rings. The summed E-state index contributed by atoms with van der Waals surface area (Å²) in [5.74, 6) is -0.231. The summed E-state index contributed by atoms with van der Waals surface area (Å²) in [6, 6.07) is 17.4. The number of benzene rings is 2. The molecule has 4 rings (SSSR count). The van der Waals surface area contributed by atoms with Crippen LogP contribution in [-0.4, -0.2) is 15.9 Å². The Morgan fingerprint density at radius 2 is 1.68 bits per heavy atom. The van der Waals surface area contributed by atoms with E-state index in [2.05, 4.69) is 9.97 Å². The summed E-state index contributed by atoms with van der Waals surface area (Å²) in [7, 11) is 0. The van der Waals surface area contributed by atoms with E-state index in [1.54, 1.807) is 0 Å². The number of H-pyrrole nitrogens is 2. The highest BCUT2D eigenvalue weighted by molar-refractivity contribution is 5.89. The predicted molar refractivity (Wildman–Crippen MR) is 111 cm³/mol. The maximum atomic E-state index is 12.5. The lowest BCUT2D eigenvalue weighted by Crippen LogP contribution is -2.22. The lowest BCUT2D eigenvalue weighted by molar-refractivity contribution is -0.154. The minimum Gasteiger partial charge on any atom is -0.460 e. The molecule has 2 heterocycles. The first-order valence-corrected chi connectivity index (χ1v) is 9.22. The number of aromatic amines is 2. The first-order valence-electron chi connectivity index (χ1n) is 9.22. The highest BCUT2D eigenvalue weighted by atomic mass is 16.5. The maximum Gasteiger partial charge on any atom is 0.311 e. The molecule has 5 nitrogen and oxygen atoms in total. The van der Waals surface area contributed by atoms with E-state index in [9.17, 15) is 9.59 Å². The van der Waals surface area contributed by atoms with Gasteiger partial charge in [-0.2, -0.15) is 0 Å². The number of para-hydroxylation sites is 1. The van der Waals surface area contributed by atoms with E-state index in [1.807, 2.05) is 75.4 Å². The lowest BCUT2D eigenvalue weighted by Gasteiger charge is -2.16. The zero-order valence-electron chi connectivity index (χ0n) is 16.1. The second kappa shape index (κ2) is 6.68. The summed E-state index contributed by atoms with van der Waals surface area (Å²) >= 11 is 0. The van der Waals surface area contributed by atoms with Gasteiger partial charge >= 0.3 is 5.97 Å². The SMILES string of the molecule is CC(C)(C)C(=O)OCc1ccc2[nH]c(-c3cc4ccccc4[nH]c3=O)cc2c1. The minimum absolute atomic E-state index is 0.135. The average molecular weight is 374 g/mol. The summed E-state index contributed by atoms with van der Waals surface area (Å²) in [6.45, 7) is 5.72. The molecule has 2 aromatic heterocycles. The van der Waals surface area contributed by atoms with Gasteiger partial charge in [-0.25, -0.2) is 0 Å². The third-order valence-corrected chi connectivity index (χ3v) is 4.71. The van der Waals surface area contributed by atoms with Crippen LogP contribution in [0.25, 0.3) is 33.1 Å². The molecule has 0 fully saturated rings. The van der Waals surface area contributed by atoms with Crippen molar-refractivity contribution in [1.29, 1.82) is 0 Å². The van der Waals surface area contributed by atoms with Crippen molar-refractivity contribution >= 4 is 27.8 Å². The molecule has 0 bridgehead atoms. The fourth-order valence-electron chi connectivity index (χ4n) is 3.13.